The summed E-state index contributed by atoms with van der Waals surface area (Å²) in [5, 5.41) is 8.48. The first-order valence-corrected chi connectivity index (χ1v) is 11.2. The van der Waals surface area contributed by atoms with Gasteiger partial charge in [-0.25, -0.2) is 10.1 Å². The first-order valence-electron chi connectivity index (χ1n) is 10.3. The van der Waals surface area contributed by atoms with Crippen molar-refractivity contribution in [2.75, 3.05) is 0 Å². The number of amides is 1. The van der Waals surface area contributed by atoms with Crippen molar-refractivity contribution in [1.82, 2.24) is 15.2 Å². The number of para-hydroxylation sites is 1. The molecule has 0 aliphatic heterocycles. The number of nitrogens with zero attached hydrogens (tertiary/aromatic N) is 3. The Morgan fingerprint density at radius 3 is 2.19 bits per heavy atom. The van der Waals surface area contributed by atoms with E-state index in [1.54, 1.807) is 6.21 Å². The van der Waals surface area contributed by atoms with E-state index in [2.05, 4.69) is 15.6 Å². The van der Waals surface area contributed by atoms with E-state index in [1.165, 1.54) is 11.8 Å². The minimum Gasteiger partial charge on any atom is -0.271 e. The van der Waals surface area contributed by atoms with E-state index in [0.717, 1.165) is 33.1 Å². The molecule has 0 aliphatic rings. The Kier molecular flexibility index (Phi) is 6.82. The van der Waals surface area contributed by atoms with Gasteiger partial charge in [0.15, 0.2) is 0 Å². The van der Waals surface area contributed by atoms with E-state index in [9.17, 15) is 4.79 Å². The number of nitrogens with one attached hydrogen (secondary N) is 1. The zero-order chi connectivity index (χ0) is 22.3. The summed E-state index contributed by atoms with van der Waals surface area (Å²) in [6.07, 6.45) is 1.67. The summed E-state index contributed by atoms with van der Waals surface area (Å²) in [5.41, 5.74) is 7.34. The largest absolute Gasteiger partial charge is 0.271 e. The average Bonchev–Trinajstić information content (AvgIpc) is 3.12. The fraction of sp³-hybridized carbons (Fsp3) is 0.115. The second-order valence-corrected chi connectivity index (χ2v) is 8.47. The van der Waals surface area contributed by atoms with Crippen molar-refractivity contribution in [3.05, 3.63) is 114 Å². The predicted octanol–water partition coefficient (Wildman–Crippen LogP) is 5.47. The van der Waals surface area contributed by atoms with Gasteiger partial charge in [0.2, 0.25) is 0 Å². The van der Waals surface area contributed by atoms with Gasteiger partial charge in [0.25, 0.3) is 5.91 Å². The van der Waals surface area contributed by atoms with Crippen LogP contribution in [0.2, 0.25) is 0 Å². The molecule has 0 aliphatic carbocycles. The second kappa shape index (κ2) is 10.1. The molecule has 5 nitrogen and oxygen atoms in total. The summed E-state index contributed by atoms with van der Waals surface area (Å²) >= 11 is 1.50. The van der Waals surface area contributed by atoms with Gasteiger partial charge in [-0.15, -0.1) is 11.8 Å². The summed E-state index contributed by atoms with van der Waals surface area (Å²) in [6.45, 7) is 3.93. The van der Waals surface area contributed by atoms with Crippen LogP contribution in [0.3, 0.4) is 0 Å². The van der Waals surface area contributed by atoms with Crippen LogP contribution in [0.15, 0.2) is 101 Å². The van der Waals surface area contributed by atoms with Crippen molar-refractivity contribution in [1.29, 1.82) is 0 Å². The maximum atomic E-state index is 13.1. The molecule has 1 heterocycles. The van der Waals surface area contributed by atoms with Crippen molar-refractivity contribution in [3.63, 3.8) is 0 Å². The highest BCUT2D eigenvalue weighted by molar-refractivity contribution is 8.00. The number of thioether (sulfide) groups is 1. The predicted molar refractivity (Wildman–Crippen MR) is 130 cm³/mol. The van der Waals surface area contributed by atoms with Crippen LogP contribution in [0.25, 0.3) is 5.69 Å². The lowest BCUT2D eigenvalue weighted by Crippen LogP contribution is -2.23. The minimum atomic E-state index is -0.412. The van der Waals surface area contributed by atoms with Crippen LogP contribution < -0.4 is 5.43 Å². The molecule has 4 rings (SSSR count). The van der Waals surface area contributed by atoms with Crippen molar-refractivity contribution in [2.24, 2.45) is 5.10 Å². The Bertz CT molecular complexity index is 1200. The van der Waals surface area contributed by atoms with Crippen LogP contribution in [0.4, 0.5) is 0 Å². The van der Waals surface area contributed by atoms with Crippen molar-refractivity contribution in [3.8, 4) is 5.69 Å². The van der Waals surface area contributed by atoms with Crippen LogP contribution in [-0.2, 0) is 4.79 Å². The molecule has 1 unspecified atom stereocenters. The van der Waals surface area contributed by atoms with E-state index < -0.39 is 5.25 Å². The number of aromatic nitrogens is 2. The lowest BCUT2D eigenvalue weighted by molar-refractivity contribution is -0.120. The first-order chi connectivity index (χ1) is 15.6. The van der Waals surface area contributed by atoms with Crippen LogP contribution in [0.1, 0.15) is 27.8 Å². The van der Waals surface area contributed by atoms with Crippen molar-refractivity contribution >= 4 is 23.9 Å². The minimum absolute atomic E-state index is 0.174. The maximum absolute atomic E-state index is 13.1. The molecule has 6 heteroatoms. The number of hydrogen-bond acceptors (Lipinski definition) is 4. The smallest absolute Gasteiger partial charge is 0.258 e. The van der Waals surface area contributed by atoms with Gasteiger partial charge in [0.05, 0.1) is 23.3 Å². The molecule has 32 heavy (non-hydrogen) atoms. The van der Waals surface area contributed by atoms with Gasteiger partial charge >= 0.3 is 0 Å². The van der Waals surface area contributed by atoms with E-state index in [0.29, 0.717) is 0 Å². The number of aryl methyl sites for hydroxylation is 1. The number of hydrazone groups is 1. The van der Waals surface area contributed by atoms with Gasteiger partial charge in [-0.05, 0) is 43.7 Å². The summed E-state index contributed by atoms with van der Waals surface area (Å²) in [4.78, 5) is 14.1. The highest BCUT2D eigenvalue weighted by Gasteiger charge is 2.21. The number of benzene rings is 3. The summed E-state index contributed by atoms with van der Waals surface area (Å²) in [6, 6.07) is 29.6. The van der Waals surface area contributed by atoms with Gasteiger partial charge in [-0.3, -0.25) is 4.79 Å². The molecule has 0 spiro atoms. The summed E-state index contributed by atoms with van der Waals surface area (Å²) < 4.78 is 1.89. The van der Waals surface area contributed by atoms with Gasteiger partial charge in [-0.2, -0.15) is 10.2 Å². The van der Waals surface area contributed by atoms with Crippen molar-refractivity contribution in [2.45, 2.75) is 24.0 Å². The highest BCUT2D eigenvalue weighted by atomic mass is 32.2. The Hall–Kier alpha value is -3.64. The molecule has 0 radical (unpaired) electrons. The molecule has 160 valence electrons. The number of rotatable bonds is 7. The van der Waals surface area contributed by atoms with Crippen molar-refractivity contribution < 1.29 is 4.79 Å². The molecule has 1 N–H and O–H groups in total. The first kappa shape index (κ1) is 21.6. The van der Waals surface area contributed by atoms with E-state index in [1.807, 2.05) is 110 Å². The lowest BCUT2D eigenvalue weighted by Gasteiger charge is -2.15. The maximum Gasteiger partial charge on any atom is 0.258 e. The fourth-order valence-corrected chi connectivity index (χ4v) is 4.46. The van der Waals surface area contributed by atoms with Gasteiger partial charge in [0.1, 0.15) is 5.25 Å². The van der Waals surface area contributed by atoms with Crippen LogP contribution in [0.5, 0.6) is 0 Å². The Labute approximate surface area is 192 Å². The fourth-order valence-electron chi connectivity index (χ4n) is 3.42. The quantitative estimate of drug-likeness (QED) is 0.235. The van der Waals surface area contributed by atoms with Crippen LogP contribution in [-0.4, -0.2) is 21.9 Å². The molecular formula is C26H24N4OS. The zero-order valence-electron chi connectivity index (χ0n) is 18.0. The Morgan fingerprint density at radius 1 is 0.938 bits per heavy atom. The molecule has 0 saturated carbocycles. The average molecular weight is 441 g/mol. The molecule has 0 fully saturated rings. The Balaban J connectivity index is 1.53. The van der Waals surface area contributed by atoms with Gasteiger partial charge in [-0.1, -0.05) is 66.7 Å². The molecule has 3 aromatic carbocycles. The molecule has 1 amide bonds. The van der Waals surface area contributed by atoms with Crippen LogP contribution >= 0.6 is 11.8 Å². The Morgan fingerprint density at radius 2 is 1.53 bits per heavy atom. The molecule has 0 bridgehead atoms. The molecular weight excluding hydrogens is 416 g/mol. The number of carbonyl (C=O) groups is 1. The third-order valence-electron chi connectivity index (χ3n) is 5.05. The molecule has 1 aromatic heterocycles. The van der Waals surface area contributed by atoms with E-state index >= 15 is 0 Å². The van der Waals surface area contributed by atoms with E-state index in [-0.39, 0.29) is 5.91 Å². The third kappa shape index (κ3) is 4.98. The topological polar surface area (TPSA) is 59.3 Å². The third-order valence-corrected chi connectivity index (χ3v) is 6.32. The molecule has 0 saturated heterocycles. The monoisotopic (exact) mass is 440 g/mol. The van der Waals surface area contributed by atoms with Gasteiger partial charge in [0, 0.05) is 10.5 Å². The molecule has 1 atom stereocenters. The standard InChI is InChI=1S/C26H24N4OS/c1-19-24(20(2)30(29-19)22-14-8-4-9-15-22)18-27-28-26(31)25(21-12-6-3-7-13-21)32-23-16-10-5-11-17-23/h3-18,25H,1-2H3,(H,28,31)/b27-18+. The lowest BCUT2D eigenvalue weighted by atomic mass is 10.1. The summed E-state index contributed by atoms with van der Waals surface area (Å²) in [5.74, 6) is -0.174. The van der Waals surface area contributed by atoms with Crippen LogP contribution in [0, 0.1) is 13.8 Å². The summed E-state index contributed by atoms with van der Waals surface area (Å²) in [7, 11) is 0. The van der Waals surface area contributed by atoms with Gasteiger partial charge < -0.3 is 0 Å². The normalized spacial score (nSPS) is 12.1. The number of hydrogen-bond donors (Lipinski definition) is 1. The zero-order valence-corrected chi connectivity index (χ0v) is 18.8. The van der Waals surface area contributed by atoms with E-state index in [4.69, 9.17) is 0 Å². The number of carbonyl (C=O) groups excluding carboxylic acids is 1. The second-order valence-electron chi connectivity index (χ2n) is 7.29. The highest BCUT2D eigenvalue weighted by Crippen LogP contribution is 2.35. The molecule has 4 aromatic rings. The SMILES string of the molecule is Cc1nn(-c2ccccc2)c(C)c1/C=N/NC(=O)C(Sc1ccccc1)c1ccccc1.